The number of hydrogen-bond acceptors (Lipinski definition) is 0. The van der Waals surface area contributed by atoms with E-state index in [1.165, 1.54) is 5.56 Å². The molecular weight excluding hydrogens is 122 g/mol. The van der Waals surface area contributed by atoms with Gasteiger partial charge in [-0.1, -0.05) is 13.8 Å². The standard InChI is InChI=1S/C9H14N/c1-8(2)6-9-4-5-10(3)7-9/h4-5,7-8H,1,6H2,2-3H3. The van der Waals surface area contributed by atoms with Crippen LogP contribution in [0.2, 0.25) is 0 Å². The van der Waals surface area contributed by atoms with E-state index in [2.05, 4.69) is 36.9 Å². The van der Waals surface area contributed by atoms with Crippen LogP contribution in [-0.2, 0) is 13.5 Å². The molecule has 1 rings (SSSR count). The summed E-state index contributed by atoms with van der Waals surface area (Å²) in [5.74, 6) is 0.516. The maximum atomic E-state index is 3.93. The van der Waals surface area contributed by atoms with E-state index in [0.29, 0.717) is 5.92 Å². The van der Waals surface area contributed by atoms with Crippen LogP contribution in [0.1, 0.15) is 12.5 Å². The van der Waals surface area contributed by atoms with E-state index in [9.17, 15) is 0 Å². The minimum Gasteiger partial charge on any atom is -0.357 e. The van der Waals surface area contributed by atoms with Crippen molar-refractivity contribution in [3.8, 4) is 0 Å². The summed E-state index contributed by atoms with van der Waals surface area (Å²) in [7, 11) is 2.04. The van der Waals surface area contributed by atoms with Gasteiger partial charge in [0.05, 0.1) is 0 Å². The van der Waals surface area contributed by atoms with Crippen LogP contribution in [0.5, 0.6) is 0 Å². The van der Waals surface area contributed by atoms with Crippen LogP contribution in [0.15, 0.2) is 18.5 Å². The van der Waals surface area contributed by atoms with Gasteiger partial charge in [0.2, 0.25) is 0 Å². The molecule has 1 aromatic rings. The summed E-state index contributed by atoms with van der Waals surface area (Å²) >= 11 is 0. The molecule has 1 radical (unpaired) electrons. The maximum Gasteiger partial charge on any atom is 0.0106 e. The molecule has 10 heavy (non-hydrogen) atoms. The molecule has 55 valence electrons. The summed E-state index contributed by atoms with van der Waals surface area (Å²) in [6.45, 7) is 6.07. The van der Waals surface area contributed by atoms with Gasteiger partial charge in [0.15, 0.2) is 0 Å². The third kappa shape index (κ3) is 1.90. The summed E-state index contributed by atoms with van der Waals surface area (Å²) in [4.78, 5) is 0. The Morgan fingerprint density at radius 1 is 1.70 bits per heavy atom. The van der Waals surface area contributed by atoms with E-state index in [-0.39, 0.29) is 0 Å². The Kier molecular flexibility index (Phi) is 2.15. The minimum absolute atomic E-state index is 0.516. The van der Waals surface area contributed by atoms with Crippen molar-refractivity contribution in [1.82, 2.24) is 4.57 Å². The van der Waals surface area contributed by atoms with E-state index in [1.807, 2.05) is 7.05 Å². The quantitative estimate of drug-likeness (QED) is 0.586. The van der Waals surface area contributed by atoms with Gasteiger partial charge in [-0.2, -0.15) is 0 Å². The van der Waals surface area contributed by atoms with Gasteiger partial charge in [0.1, 0.15) is 0 Å². The first-order chi connectivity index (χ1) is 4.68. The van der Waals surface area contributed by atoms with Gasteiger partial charge in [0, 0.05) is 19.4 Å². The first kappa shape index (κ1) is 7.39. The molecule has 0 aliphatic carbocycles. The zero-order valence-electron chi connectivity index (χ0n) is 6.67. The van der Waals surface area contributed by atoms with Gasteiger partial charge < -0.3 is 4.57 Å². The summed E-state index contributed by atoms with van der Waals surface area (Å²) in [5.41, 5.74) is 1.38. The number of aromatic nitrogens is 1. The minimum atomic E-state index is 0.516. The fourth-order valence-corrected chi connectivity index (χ4v) is 1.08. The van der Waals surface area contributed by atoms with Crippen LogP contribution < -0.4 is 0 Å². The molecule has 0 bridgehead atoms. The molecule has 1 unspecified atom stereocenters. The molecule has 0 amide bonds. The lowest BCUT2D eigenvalue weighted by molar-refractivity contribution is 0.717. The Morgan fingerprint density at radius 2 is 2.40 bits per heavy atom. The second-order valence-corrected chi connectivity index (χ2v) is 2.99. The lowest BCUT2D eigenvalue weighted by Gasteiger charge is -1.99. The zero-order chi connectivity index (χ0) is 7.56. The van der Waals surface area contributed by atoms with Crippen LogP contribution in [0, 0.1) is 12.8 Å². The molecule has 0 saturated carbocycles. The summed E-state index contributed by atoms with van der Waals surface area (Å²) in [6.07, 6.45) is 5.29. The van der Waals surface area contributed by atoms with Crippen molar-refractivity contribution in [2.75, 3.05) is 0 Å². The molecule has 0 spiro atoms. The highest BCUT2D eigenvalue weighted by atomic mass is 14.9. The lowest BCUT2D eigenvalue weighted by Crippen LogP contribution is -1.92. The van der Waals surface area contributed by atoms with Crippen molar-refractivity contribution in [3.63, 3.8) is 0 Å². The topological polar surface area (TPSA) is 4.93 Å². The third-order valence-electron chi connectivity index (χ3n) is 1.48. The molecule has 1 aromatic heterocycles. The van der Waals surface area contributed by atoms with Gasteiger partial charge in [-0.3, -0.25) is 0 Å². The maximum absolute atomic E-state index is 3.93. The predicted octanol–water partition coefficient (Wildman–Crippen LogP) is 2.04. The molecule has 0 N–H and O–H groups in total. The number of aryl methyl sites for hydroxylation is 1. The van der Waals surface area contributed by atoms with Crippen molar-refractivity contribution in [3.05, 3.63) is 30.9 Å². The average molecular weight is 136 g/mol. The number of rotatable bonds is 2. The van der Waals surface area contributed by atoms with Crippen molar-refractivity contribution < 1.29 is 0 Å². The van der Waals surface area contributed by atoms with Crippen LogP contribution in [0.4, 0.5) is 0 Å². The van der Waals surface area contributed by atoms with Crippen LogP contribution >= 0.6 is 0 Å². The van der Waals surface area contributed by atoms with Gasteiger partial charge >= 0.3 is 0 Å². The molecule has 0 fully saturated rings. The summed E-state index contributed by atoms with van der Waals surface area (Å²) < 4.78 is 2.07. The van der Waals surface area contributed by atoms with E-state index in [4.69, 9.17) is 0 Å². The smallest absolute Gasteiger partial charge is 0.0106 e. The lowest BCUT2D eigenvalue weighted by atomic mass is 10.1. The first-order valence-corrected chi connectivity index (χ1v) is 3.62. The molecular formula is C9H14N. The number of hydrogen-bond donors (Lipinski definition) is 0. The Hall–Kier alpha value is -0.720. The molecule has 0 aliphatic heterocycles. The Bertz CT molecular complexity index is 198. The van der Waals surface area contributed by atoms with E-state index >= 15 is 0 Å². The van der Waals surface area contributed by atoms with Crippen molar-refractivity contribution in [2.45, 2.75) is 13.3 Å². The Labute approximate surface area is 62.7 Å². The normalized spacial score (nSPS) is 10.8. The largest absolute Gasteiger partial charge is 0.357 e. The Balaban J connectivity index is 2.58. The molecule has 1 nitrogen and oxygen atoms in total. The SMILES string of the molecule is [CH2]C(C)Cc1ccn(C)c1. The van der Waals surface area contributed by atoms with Crippen LogP contribution in [-0.4, -0.2) is 4.57 Å². The molecule has 0 saturated heterocycles. The second-order valence-electron chi connectivity index (χ2n) is 2.99. The van der Waals surface area contributed by atoms with Gasteiger partial charge in [-0.05, 0) is 24.0 Å². The monoisotopic (exact) mass is 136 g/mol. The molecule has 1 heteroatoms. The van der Waals surface area contributed by atoms with Crippen molar-refractivity contribution >= 4 is 0 Å². The van der Waals surface area contributed by atoms with E-state index < -0.39 is 0 Å². The summed E-state index contributed by atoms with van der Waals surface area (Å²) in [6, 6.07) is 2.14. The molecule has 0 aromatic carbocycles. The van der Waals surface area contributed by atoms with E-state index in [1.54, 1.807) is 0 Å². The number of nitrogens with zero attached hydrogens (tertiary/aromatic N) is 1. The second kappa shape index (κ2) is 2.91. The first-order valence-electron chi connectivity index (χ1n) is 3.62. The zero-order valence-corrected chi connectivity index (χ0v) is 6.67. The van der Waals surface area contributed by atoms with Crippen molar-refractivity contribution in [1.29, 1.82) is 0 Å². The Morgan fingerprint density at radius 3 is 2.80 bits per heavy atom. The average Bonchev–Trinajstić information content (AvgIpc) is 2.13. The van der Waals surface area contributed by atoms with Gasteiger partial charge in [0.25, 0.3) is 0 Å². The highest BCUT2D eigenvalue weighted by Gasteiger charge is 1.97. The third-order valence-corrected chi connectivity index (χ3v) is 1.48. The fourth-order valence-electron chi connectivity index (χ4n) is 1.08. The van der Waals surface area contributed by atoms with Gasteiger partial charge in [-0.15, -0.1) is 0 Å². The summed E-state index contributed by atoms with van der Waals surface area (Å²) in [5, 5.41) is 0. The molecule has 0 aliphatic rings. The highest BCUT2D eigenvalue weighted by molar-refractivity contribution is 5.10. The van der Waals surface area contributed by atoms with Gasteiger partial charge in [-0.25, -0.2) is 0 Å². The highest BCUT2D eigenvalue weighted by Crippen LogP contribution is 2.06. The molecule has 1 heterocycles. The van der Waals surface area contributed by atoms with Crippen LogP contribution in [0.3, 0.4) is 0 Å². The van der Waals surface area contributed by atoms with Crippen molar-refractivity contribution in [2.24, 2.45) is 13.0 Å². The molecule has 1 atom stereocenters. The van der Waals surface area contributed by atoms with Crippen LogP contribution in [0.25, 0.3) is 0 Å². The van der Waals surface area contributed by atoms with E-state index in [0.717, 1.165) is 6.42 Å². The fraction of sp³-hybridized carbons (Fsp3) is 0.444. The predicted molar refractivity (Wildman–Crippen MR) is 43.6 cm³/mol.